The van der Waals surface area contributed by atoms with Crippen LogP contribution in [0.4, 0.5) is 0 Å². The smallest absolute Gasteiger partial charge is 0.262 e. The lowest BCUT2D eigenvalue weighted by Crippen LogP contribution is -2.32. The second kappa shape index (κ2) is 6.25. The zero-order valence-corrected chi connectivity index (χ0v) is 12.7. The SMILES string of the molecule is CNC(=O)C1CCC(Cn2cnc3ncccc3c2=O)CC1. The molecule has 0 unspecified atom stereocenters. The van der Waals surface area contributed by atoms with Gasteiger partial charge in [0, 0.05) is 25.7 Å². The molecule has 0 radical (unpaired) electrons. The monoisotopic (exact) mass is 300 g/mol. The minimum atomic E-state index is -0.0356. The molecule has 6 nitrogen and oxygen atoms in total. The number of hydrogen-bond donors (Lipinski definition) is 1. The molecule has 0 spiro atoms. The summed E-state index contributed by atoms with van der Waals surface area (Å²) >= 11 is 0. The molecule has 3 rings (SSSR count). The van der Waals surface area contributed by atoms with Crippen LogP contribution in [0.5, 0.6) is 0 Å². The van der Waals surface area contributed by atoms with Gasteiger partial charge in [0.25, 0.3) is 5.56 Å². The fourth-order valence-electron chi connectivity index (χ4n) is 3.22. The van der Waals surface area contributed by atoms with Crippen molar-refractivity contribution in [1.82, 2.24) is 19.9 Å². The van der Waals surface area contributed by atoms with Crippen LogP contribution in [0.25, 0.3) is 11.0 Å². The highest BCUT2D eigenvalue weighted by atomic mass is 16.1. The number of pyridine rings is 1. The van der Waals surface area contributed by atoms with Crippen molar-refractivity contribution >= 4 is 16.9 Å². The number of carbonyl (C=O) groups excluding carboxylic acids is 1. The lowest BCUT2D eigenvalue weighted by molar-refractivity contribution is -0.125. The number of carbonyl (C=O) groups is 1. The number of fused-ring (bicyclic) bond motifs is 1. The van der Waals surface area contributed by atoms with E-state index >= 15 is 0 Å². The number of rotatable bonds is 3. The Morgan fingerprint density at radius 3 is 2.82 bits per heavy atom. The number of amides is 1. The molecule has 116 valence electrons. The van der Waals surface area contributed by atoms with Crippen molar-refractivity contribution in [2.45, 2.75) is 32.2 Å². The minimum absolute atomic E-state index is 0.0356. The standard InChI is InChI=1S/C16H20N4O2/c1-17-15(21)12-6-4-11(5-7-12)9-20-10-19-14-13(16(20)22)3-2-8-18-14/h2-3,8,10-12H,4-7,9H2,1H3,(H,17,21). The van der Waals surface area contributed by atoms with Gasteiger partial charge in [-0.05, 0) is 43.7 Å². The summed E-state index contributed by atoms with van der Waals surface area (Å²) in [5.41, 5.74) is 0.457. The Hall–Kier alpha value is -2.24. The van der Waals surface area contributed by atoms with Gasteiger partial charge in [-0.3, -0.25) is 14.2 Å². The topological polar surface area (TPSA) is 76.9 Å². The van der Waals surface area contributed by atoms with Gasteiger partial charge in [0.2, 0.25) is 5.91 Å². The van der Waals surface area contributed by atoms with Crippen LogP contribution in [-0.4, -0.2) is 27.5 Å². The van der Waals surface area contributed by atoms with Gasteiger partial charge in [-0.2, -0.15) is 0 Å². The predicted octanol–water partition coefficient (Wildman–Crippen LogP) is 1.34. The van der Waals surface area contributed by atoms with Crippen molar-refractivity contribution in [3.8, 4) is 0 Å². The van der Waals surface area contributed by atoms with Gasteiger partial charge < -0.3 is 5.32 Å². The van der Waals surface area contributed by atoms with E-state index < -0.39 is 0 Å². The van der Waals surface area contributed by atoms with E-state index in [0.29, 0.717) is 23.5 Å². The molecule has 22 heavy (non-hydrogen) atoms. The van der Waals surface area contributed by atoms with Crippen LogP contribution in [0.2, 0.25) is 0 Å². The normalized spacial score (nSPS) is 21.7. The first-order valence-corrected chi connectivity index (χ1v) is 7.71. The Kier molecular flexibility index (Phi) is 4.18. The van der Waals surface area contributed by atoms with Gasteiger partial charge in [0.1, 0.15) is 0 Å². The molecule has 2 aromatic heterocycles. The summed E-state index contributed by atoms with van der Waals surface area (Å²) in [6, 6.07) is 3.51. The van der Waals surface area contributed by atoms with Gasteiger partial charge in [0.05, 0.1) is 11.7 Å². The fourth-order valence-corrected chi connectivity index (χ4v) is 3.22. The fraction of sp³-hybridized carbons (Fsp3) is 0.500. The highest BCUT2D eigenvalue weighted by Gasteiger charge is 2.26. The van der Waals surface area contributed by atoms with Crippen LogP contribution in [0.1, 0.15) is 25.7 Å². The molecule has 0 aliphatic heterocycles. The molecule has 0 aromatic carbocycles. The average molecular weight is 300 g/mol. The van der Waals surface area contributed by atoms with E-state index in [1.165, 1.54) is 0 Å². The Balaban J connectivity index is 1.71. The number of nitrogens with zero attached hydrogens (tertiary/aromatic N) is 3. The second-order valence-electron chi connectivity index (χ2n) is 5.91. The summed E-state index contributed by atoms with van der Waals surface area (Å²) in [5.74, 6) is 0.681. The van der Waals surface area contributed by atoms with Crippen molar-refractivity contribution < 1.29 is 4.79 Å². The molecule has 0 atom stereocenters. The molecule has 1 aliphatic carbocycles. The Labute approximate surface area is 128 Å². The number of hydrogen-bond acceptors (Lipinski definition) is 4. The molecular weight excluding hydrogens is 280 g/mol. The van der Waals surface area contributed by atoms with E-state index in [1.807, 2.05) is 0 Å². The molecule has 1 aliphatic rings. The van der Waals surface area contributed by atoms with Crippen LogP contribution in [0, 0.1) is 11.8 Å². The van der Waals surface area contributed by atoms with Gasteiger partial charge in [-0.1, -0.05) is 0 Å². The lowest BCUT2D eigenvalue weighted by atomic mass is 9.81. The summed E-state index contributed by atoms with van der Waals surface area (Å²) < 4.78 is 1.68. The predicted molar refractivity (Wildman–Crippen MR) is 83.3 cm³/mol. The van der Waals surface area contributed by atoms with Gasteiger partial charge in [-0.15, -0.1) is 0 Å². The molecule has 1 fully saturated rings. The Morgan fingerprint density at radius 2 is 2.09 bits per heavy atom. The number of aromatic nitrogens is 3. The summed E-state index contributed by atoms with van der Waals surface area (Å²) in [6.07, 6.45) is 6.94. The van der Waals surface area contributed by atoms with Crippen LogP contribution in [0.15, 0.2) is 29.5 Å². The van der Waals surface area contributed by atoms with Crippen molar-refractivity contribution in [3.63, 3.8) is 0 Å². The third-order valence-electron chi connectivity index (χ3n) is 4.52. The highest BCUT2D eigenvalue weighted by Crippen LogP contribution is 2.29. The molecule has 0 bridgehead atoms. The third-order valence-corrected chi connectivity index (χ3v) is 4.52. The average Bonchev–Trinajstić information content (AvgIpc) is 2.57. The van der Waals surface area contributed by atoms with Crippen LogP contribution >= 0.6 is 0 Å². The lowest BCUT2D eigenvalue weighted by Gasteiger charge is -2.27. The van der Waals surface area contributed by atoms with Crippen molar-refractivity contribution in [1.29, 1.82) is 0 Å². The molecule has 1 amide bonds. The molecule has 2 aromatic rings. The van der Waals surface area contributed by atoms with E-state index in [1.54, 1.807) is 36.3 Å². The quantitative estimate of drug-likeness (QED) is 0.928. The maximum Gasteiger partial charge on any atom is 0.262 e. The molecule has 1 N–H and O–H groups in total. The molecule has 2 heterocycles. The molecular formula is C16H20N4O2. The first-order valence-electron chi connectivity index (χ1n) is 7.71. The summed E-state index contributed by atoms with van der Waals surface area (Å²) in [4.78, 5) is 32.4. The van der Waals surface area contributed by atoms with E-state index in [-0.39, 0.29) is 17.4 Å². The van der Waals surface area contributed by atoms with Crippen LogP contribution < -0.4 is 10.9 Å². The Bertz CT molecular complexity index is 732. The zero-order valence-electron chi connectivity index (χ0n) is 12.7. The maximum absolute atomic E-state index is 12.4. The van der Waals surface area contributed by atoms with Gasteiger partial charge >= 0.3 is 0 Å². The van der Waals surface area contributed by atoms with Crippen LogP contribution in [0.3, 0.4) is 0 Å². The first-order chi connectivity index (χ1) is 10.7. The second-order valence-corrected chi connectivity index (χ2v) is 5.91. The van der Waals surface area contributed by atoms with Crippen molar-refractivity contribution in [2.75, 3.05) is 7.05 Å². The van der Waals surface area contributed by atoms with Gasteiger partial charge in [0.15, 0.2) is 5.65 Å². The summed E-state index contributed by atoms with van der Waals surface area (Å²) in [6.45, 7) is 0.664. The third kappa shape index (κ3) is 2.86. The van der Waals surface area contributed by atoms with Gasteiger partial charge in [-0.25, -0.2) is 9.97 Å². The van der Waals surface area contributed by atoms with Crippen molar-refractivity contribution in [3.05, 3.63) is 35.0 Å². The van der Waals surface area contributed by atoms with Crippen LogP contribution in [-0.2, 0) is 11.3 Å². The van der Waals surface area contributed by atoms with E-state index in [9.17, 15) is 9.59 Å². The van der Waals surface area contributed by atoms with Crippen molar-refractivity contribution in [2.24, 2.45) is 11.8 Å². The number of nitrogens with one attached hydrogen (secondary N) is 1. The summed E-state index contributed by atoms with van der Waals surface area (Å²) in [5, 5.41) is 3.28. The molecule has 6 heteroatoms. The maximum atomic E-state index is 12.4. The summed E-state index contributed by atoms with van der Waals surface area (Å²) in [7, 11) is 1.68. The molecule has 1 saturated carbocycles. The highest BCUT2D eigenvalue weighted by molar-refractivity contribution is 5.78. The van der Waals surface area contributed by atoms with E-state index in [4.69, 9.17) is 0 Å². The minimum Gasteiger partial charge on any atom is -0.359 e. The van der Waals surface area contributed by atoms with E-state index in [0.717, 1.165) is 25.7 Å². The molecule has 0 saturated heterocycles. The first kappa shape index (κ1) is 14.7. The largest absolute Gasteiger partial charge is 0.359 e. The van der Waals surface area contributed by atoms with E-state index in [2.05, 4.69) is 15.3 Å². The zero-order chi connectivity index (χ0) is 15.5. The Morgan fingerprint density at radius 1 is 1.32 bits per heavy atom.